The number of nitrogens with zero attached hydrogens (tertiary/aromatic N) is 6. The standard InChI is InChI=1S/C15H26N6O/c1-11(2)6-7-13-18-14(12(3)21-10-16-9-17-21)20(19-13)8-15(4,5)22/h9-12,22H,6-8H2,1-5H3. The minimum atomic E-state index is -0.847. The second-order valence-corrected chi connectivity index (χ2v) is 6.84. The molecule has 2 rings (SSSR count). The Morgan fingerprint density at radius 3 is 2.55 bits per heavy atom. The molecule has 2 heterocycles. The minimum absolute atomic E-state index is 0.0786. The summed E-state index contributed by atoms with van der Waals surface area (Å²) in [4.78, 5) is 8.66. The summed E-state index contributed by atoms with van der Waals surface area (Å²) in [6.45, 7) is 10.3. The molecule has 7 nitrogen and oxygen atoms in total. The molecule has 7 heteroatoms. The van der Waals surface area contributed by atoms with Crippen molar-refractivity contribution >= 4 is 0 Å². The molecular weight excluding hydrogens is 280 g/mol. The van der Waals surface area contributed by atoms with Gasteiger partial charge in [-0.05, 0) is 33.1 Å². The minimum Gasteiger partial charge on any atom is -0.389 e. The highest BCUT2D eigenvalue weighted by Crippen LogP contribution is 2.18. The number of aromatic nitrogens is 6. The Bertz CT molecular complexity index is 582. The van der Waals surface area contributed by atoms with E-state index in [-0.39, 0.29) is 6.04 Å². The van der Waals surface area contributed by atoms with Crippen molar-refractivity contribution in [2.75, 3.05) is 0 Å². The summed E-state index contributed by atoms with van der Waals surface area (Å²) in [5.41, 5.74) is -0.847. The first kappa shape index (κ1) is 16.6. The summed E-state index contributed by atoms with van der Waals surface area (Å²) >= 11 is 0. The summed E-state index contributed by atoms with van der Waals surface area (Å²) in [5.74, 6) is 2.23. The lowest BCUT2D eigenvalue weighted by Crippen LogP contribution is -2.29. The van der Waals surface area contributed by atoms with E-state index in [1.165, 1.54) is 6.33 Å². The quantitative estimate of drug-likeness (QED) is 0.844. The summed E-state index contributed by atoms with van der Waals surface area (Å²) in [6, 6.07) is -0.0786. The molecule has 0 aliphatic heterocycles. The number of rotatable bonds is 7. The average Bonchev–Trinajstić information content (AvgIpc) is 3.03. The maximum Gasteiger partial charge on any atom is 0.151 e. The van der Waals surface area contributed by atoms with Crippen LogP contribution >= 0.6 is 0 Å². The Balaban J connectivity index is 2.28. The lowest BCUT2D eigenvalue weighted by atomic mass is 10.1. The van der Waals surface area contributed by atoms with Crippen molar-refractivity contribution < 1.29 is 5.11 Å². The molecule has 0 spiro atoms. The van der Waals surface area contributed by atoms with E-state index in [4.69, 9.17) is 0 Å². The highest BCUT2D eigenvalue weighted by atomic mass is 16.3. The third-order valence-electron chi connectivity index (χ3n) is 3.43. The molecule has 122 valence electrons. The van der Waals surface area contributed by atoms with Gasteiger partial charge in [0, 0.05) is 6.42 Å². The molecule has 0 saturated heterocycles. The Hall–Kier alpha value is -1.76. The molecule has 0 saturated carbocycles. The van der Waals surface area contributed by atoms with Crippen molar-refractivity contribution in [3.05, 3.63) is 24.3 Å². The SMILES string of the molecule is CC(C)CCc1nc(C(C)n2cncn2)n(CC(C)(C)O)n1. The normalized spacial score (nSPS) is 13.8. The summed E-state index contributed by atoms with van der Waals surface area (Å²) in [7, 11) is 0. The topological polar surface area (TPSA) is 81.7 Å². The van der Waals surface area contributed by atoms with Gasteiger partial charge in [0.2, 0.25) is 0 Å². The maximum absolute atomic E-state index is 10.1. The first-order valence-corrected chi connectivity index (χ1v) is 7.76. The van der Waals surface area contributed by atoms with Crippen molar-refractivity contribution in [1.29, 1.82) is 0 Å². The molecule has 0 aliphatic carbocycles. The zero-order chi connectivity index (χ0) is 16.3. The van der Waals surface area contributed by atoms with Crippen molar-refractivity contribution in [2.45, 2.75) is 65.6 Å². The highest BCUT2D eigenvalue weighted by Gasteiger charge is 2.23. The van der Waals surface area contributed by atoms with E-state index in [1.54, 1.807) is 29.5 Å². The van der Waals surface area contributed by atoms with Gasteiger partial charge in [-0.1, -0.05) is 13.8 Å². The third kappa shape index (κ3) is 4.37. The molecule has 1 atom stereocenters. The van der Waals surface area contributed by atoms with Crippen LogP contribution in [0.5, 0.6) is 0 Å². The van der Waals surface area contributed by atoms with Crippen LogP contribution in [0.1, 0.15) is 58.7 Å². The van der Waals surface area contributed by atoms with Gasteiger partial charge in [0.25, 0.3) is 0 Å². The third-order valence-corrected chi connectivity index (χ3v) is 3.43. The molecule has 0 amide bonds. The Morgan fingerprint density at radius 2 is 2.00 bits per heavy atom. The van der Waals surface area contributed by atoms with Gasteiger partial charge in [0.15, 0.2) is 11.6 Å². The van der Waals surface area contributed by atoms with Gasteiger partial charge >= 0.3 is 0 Å². The molecule has 22 heavy (non-hydrogen) atoms. The monoisotopic (exact) mass is 306 g/mol. The first-order valence-electron chi connectivity index (χ1n) is 7.76. The van der Waals surface area contributed by atoms with Crippen molar-refractivity contribution in [1.82, 2.24) is 29.5 Å². The molecule has 1 unspecified atom stereocenters. The van der Waals surface area contributed by atoms with E-state index in [9.17, 15) is 5.11 Å². The molecule has 0 radical (unpaired) electrons. The zero-order valence-electron chi connectivity index (χ0n) is 14.1. The molecule has 0 aromatic carbocycles. The predicted molar refractivity (Wildman–Crippen MR) is 83.3 cm³/mol. The van der Waals surface area contributed by atoms with E-state index in [0.29, 0.717) is 12.5 Å². The molecule has 1 N–H and O–H groups in total. The van der Waals surface area contributed by atoms with Crippen LogP contribution in [0.4, 0.5) is 0 Å². The number of hydrogen-bond acceptors (Lipinski definition) is 5. The Labute approximate surface area is 131 Å². The molecule has 0 fully saturated rings. The molecule has 0 bridgehead atoms. The van der Waals surface area contributed by atoms with E-state index < -0.39 is 5.60 Å². The molecular formula is C15H26N6O. The molecule has 0 aliphatic rings. The van der Waals surface area contributed by atoms with Gasteiger partial charge in [-0.15, -0.1) is 0 Å². The van der Waals surface area contributed by atoms with Crippen LogP contribution in [0.2, 0.25) is 0 Å². The van der Waals surface area contributed by atoms with Gasteiger partial charge < -0.3 is 5.11 Å². The lowest BCUT2D eigenvalue weighted by Gasteiger charge is -2.19. The van der Waals surface area contributed by atoms with Crippen molar-refractivity contribution in [2.24, 2.45) is 5.92 Å². The smallest absolute Gasteiger partial charge is 0.151 e. The molecule has 2 aromatic rings. The van der Waals surface area contributed by atoms with Gasteiger partial charge in [-0.3, -0.25) is 0 Å². The van der Waals surface area contributed by atoms with Gasteiger partial charge in [-0.25, -0.2) is 19.3 Å². The second kappa shape index (κ2) is 6.56. The van der Waals surface area contributed by atoms with E-state index in [0.717, 1.165) is 24.5 Å². The van der Waals surface area contributed by atoms with Crippen molar-refractivity contribution in [3.8, 4) is 0 Å². The van der Waals surface area contributed by atoms with Crippen LogP contribution in [0.15, 0.2) is 12.7 Å². The largest absolute Gasteiger partial charge is 0.389 e. The summed E-state index contributed by atoms with van der Waals surface area (Å²) in [5, 5.41) is 18.9. The summed E-state index contributed by atoms with van der Waals surface area (Å²) in [6.07, 6.45) is 5.06. The van der Waals surface area contributed by atoms with Gasteiger partial charge in [0.1, 0.15) is 18.7 Å². The maximum atomic E-state index is 10.1. The van der Waals surface area contributed by atoms with Crippen LogP contribution in [0.3, 0.4) is 0 Å². The predicted octanol–water partition coefficient (Wildman–Crippen LogP) is 1.84. The lowest BCUT2D eigenvalue weighted by molar-refractivity contribution is 0.0560. The van der Waals surface area contributed by atoms with E-state index in [2.05, 4.69) is 34.0 Å². The Kier molecular flexibility index (Phi) is 4.95. The van der Waals surface area contributed by atoms with E-state index >= 15 is 0 Å². The van der Waals surface area contributed by atoms with Crippen LogP contribution in [-0.2, 0) is 13.0 Å². The Morgan fingerprint density at radius 1 is 1.27 bits per heavy atom. The van der Waals surface area contributed by atoms with E-state index in [1.807, 2.05) is 6.92 Å². The zero-order valence-corrected chi connectivity index (χ0v) is 14.1. The second-order valence-electron chi connectivity index (χ2n) is 6.84. The van der Waals surface area contributed by atoms with Crippen LogP contribution < -0.4 is 0 Å². The number of hydrogen-bond donors (Lipinski definition) is 1. The number of aliphatic hydroxyl groups is 1. The first-order chi connectivity index (χ1) is 10.3. The fourth-order valence-corrected chi connectivity index (χ4v) is 2.25. The van der Waals surface area contributed by atoms with Crippen molar-refractivity contribution in [3.63, 3.8) is 0 Å². The van der Waals surface area contributed by atoms with Crippen LogP contribution in [0.25, 0.3) is 0 Å². The molecule has 2 aromatic heterocycles. The van der Waals surface area contributed by atoms with Gasteiger partial charge in [0.05, 0.1) is 12.1 Å². The highest BCUT2D eigenvalue weighted by molar-refractivity contribution is 5.00. The fourth-order valence-electron chi connectivity index (χ4n) is 2.25. The van der Waals surface area contributed by atoms with Gasteiger partial charge in [-0.2, -0.15) is 10.2 Å². The van der Waals surface area contributed by atoms with Crippen LogP contribution in [-0.4, -0.2) is 40.2 Å². The number of aryl methyl sites for hydroxylation is 1. The average molecular weight is 306 g/mol. The summed E-state index contributed by atoms with van der Waals surface area (Å²) < 4.78 is 3.54. The fraction of sp³-hybridized carbons (Fsp3) is 0.733. The van der Waals surface area contributed by atoms with Crippen LogP contribution in [0, 0.1) is 5.92 Å².